The van der Waals surface area contributed by atoms with Crippen molar-refractivity contribution in [1.29, 1.82) is 0 Å². The van der Waals surface area contributed by atoms with Gasteiger partial charge in [0.2, 0.25) is 5.91 Å². The molecule has 0 aromatic heterocycles. The zero-order chi connectivity index (χ0) is 15.5. The van der Waals surface area contributed by atoms with Gasteiger partial charge in [-0.15, -0.1) is 0 Å². The molecule has 0 radical (unpaired) electrons. The maximum atomic E-state index is 12.2. The second-order valence-corrected chi connectivity index (χ2v) is 6.90. The normalized spacial score (nSPS) is 29.5. The summed E-state index contributed by atoms with van der Waals surface area (Å²) in [4.78, 5) is 25.7. The van der Waals surface area contributed by atoms with Crippen LogP contribution in [0.25, 0.3) is 0 Å². The monoisotopic (exact) mass is 292 g/mol. The van der Waals surface area contributed by atoms with Gasteiger partial charge >= 0.3 is 0 Å². The van der Waals surface area contributed by atoms with Crippen LogP contribution in [0.1, 0.15) is 52.4 Å². The first-order chi connectivity index (χ1) is 9.94. The summed E-state index contributed by atoms with van der Waals surface area (Å²) < 4.78 is 0. The van der Waals surface area contributed by atoms with Crippen LogP contribution in [0.15, 0.2) is 12.3 Å². The van der Waals surface area contributed by atoms with E-state index in [9.17, 15) is 9.59 Å². The lowest BCUT2D eigenvalue weighted by molar-refractivity contribution is -0.123. The lowest BCUT2D eigenvalue weighted by atomic mass is 9.64. The highest BCUT2D eigenvalue weighted by Crippen LogP contribution is 2.45. The number of nitrogens with one attached hydrogen (secondary N) is 1. The van der Waals surface area contributed by atoms with E-state index in [1.807, 2.05) is 0 Å². The number of likely N-dealkylation sites (tertiary alicyclic amines) is 1. The van der Waals surface area contributed by atoms with Crippen molar-refractivity contribution in [1.82, 2.24) is 10.2 Å². The molecule has 118 valence electrons. The number of hydrogen-bond donors (Lipinski definition) is 1. The molecule has 4 nitrogen and oxygen atoms in total. The van der Waals surface area contributed by atoms with Gasteiger partial charge in [0.25, 0.3) is 0 Å². The quantitative estimate of drug-likeness (QED) is 0.792. The SMILES string of the molecule is C=C(NC(=O)CC)C(=O)CN1CCC2CCCC[C@]2(C)C1. The number of nitrogens with zero attached hydrogens (tertiary/aromatic N) is 1. The average Bonchev–Trinajstić information content (AvgIpc) is 2.45. The van der Waals surface area contributed by atoms with Crippen LogP contribution in [0.5, 0.6) is 0 Å². The summed E-state index contributed by atoms with van der Waals surface area (Å²) in [6.45, 7) is 10.2. The first kappa shape index (κ1) is 16.2. The largest absolute Gasteiger partial charge is 0.324 e. The van der Waals surface area contributed by atoms with Crippen molar-refractivity contribution in [2.24, 2.45) is 11.3 Å². The fourth-order valence-corrected chi connectivity index (χ4v) is 3.86. The van der Waals surface area contributed by atoms with Crippen LogP contribution < -0.4 is 5.32 Å². The maximum absolute atomic E-state index is 12.2. The summed E-state index contributed by atoms with van der Waals surface area (Å²) in [7, 11) is 0. The van der Waals surface area contributed by atoms with E-state index in [2.05, 4.69) is 23.7 Å². The summed E-state index contributed by atoms with van der Waals surface area (Å²) in [5.41, 5.74) is 0.600. The molecule has 2 rings (SSSR count). The molecule has 1 saturated heterocycles. The molecule has 2 aliphatic rings. The van der Waals surface area contributed by atoms with Crippen molar-refractivity contribution < 1.29 is 9.59 Å². The number of rotatable bonds is 5. The first-order valence-corrected chi connectivity index (χ1v) is 8.19. The minimum absolute atomic E-state index is 0.0605. The Kier molecular flexibility index (Phi) is 5.20. The number of ketones is 1. The molecule has 1 aliphatic carbocycles. The lowest BCUT2D eigenvalue weighted by Crippen LogP contribution is -2.50. The van der Waals surface area contributed by atoms with E-state index in [1.165, 1.54) is 32.1 Å². The highest BCUT2D eigenvalue weighted by molar-refractivity contribution is 5.99. The van der Waals surface area contributed by atoms with Gasteiger partial charge in [-0.1, -0.05) is 33.3 Å². The van der Waals surface area contributed by atoms with Crippen molar-refractivity contribution in [3.05, 3.63) is 12.3 Å². The van der Waals surface area contributed by atoms with E-state index in [0.29, 0.717) is 18.4 Å². The Morgan fingerprint density at radius 3 is 2.81 bits per heavy atom. The minimum Gasteiger partial charge on any atom is -0.324 e. The average molecular weight is 292 g/mol. The molecule has 1 N–H and O–H groups in total. The Balaban J connectivity index is 1.87. The van der Waals surface area contributed by atoms with Crippen LogP contribution in [0, 0.1) is 11.3 Å². The lowest BCUT2D eigenvalue weighted by Gasteiger charge is -2.49. The van der Waals surface area contributed by atoms with E-state index in [-0.39, 0.29) is 17.4 Å². The number of amides is 1. The summed E-state index contributed by atoms with van der Waals surface area (Å²) in [6, 6.07) is 0. The molecule has 1 unspecified atom stereocenters. The molecule has 0 spiro atoms. The van der Waals surface area contributed by atoms with Crippen LogP contribution in [0.4, 0.5) is 0 Å². The standard InChI is InChI=1S/C17H28N2O2/c1-4-16(21)18-13(2)15(20)11-19-10-8-14-7-5-6-9-17(14,3)12-19/h14H,2,4-12H2,1,3H3,(H,18,21)/t14?,17-/m1/s1. The van der Waals surface area contributed by atoms with Crippen molar-refractivity contribution in [3.63, 3.8) is 0 Å². The third-order valence-electron chi connectivity index (χ3n) is 5.23. The van der Waals surface area contributed by atoms with E-state index >= 15 is 0 Å². The van der Waals surface area contributed by atoms with Crippen LogP contribution in [-0.4, -0.2) is 36.2 Å². The third kappa shape index (κ3) is 3.94. The summed E-state index contributed by atoms with van der Waals surface area (Å²) in [5, 5.41) is 2.58. The third-order valence-corrected chi connectivity index (χ3v) is 5.23. The van der Waals surface area contributed by atoms with Gasteiger partial charge in [-0.3, -0.25) is 14.5 Å². The molecular weight excluding hydrogens is 264 g/mol. The predicted molar refractivity (Wildman–Crippen MR) is 83.7 cm³/mol. The van der Waals surface area contributed by atoms with Gasteiger partial charge in [0, 0.05) is 13.0 Å². The van der Waals surface area contributed by atoms with Crippen molar-refractivity contribution in [2.75, 3.05) is 19.6 Å². The fraction of sp³-hybridized carbons (Fsp3) is 0.765. The maximum Gasteiger partial charge on any atom is 0.224 e. The van der Waals surface area contributed by atoms with E-state index in [4.69, 9.17) is 0 Å². The van der Waals surface area contributed by atoms with Gasteiger partial charge in [0.05, 0.1) is 12.2 Å². The summed E-state index contributed by atoms with van der Waals surface area (Å²) in [5.74, 6) is 0.613. The van der Waals surface area contributed by atoms with Gasteiger partial charge in [0.1, 0.15) is 0 Å². The summed E-state index contributed by atoms with van der Waals surface area (Å²) in [6.07, 6.45) is 6.86. The number of fused-ring (bicyclic) bond motifs is 1. The highest BCUT2D eigenvalue weighted by Gasteiger charge is 2.41. The number of carbonyl (C=O) groups is 2. The molecule has 4 heteroatoms. The predicted octanol–water partition coefficient (Wildman–Crippen LogP) is 2.50. The fourth-order valence-electron chi connectivity index (χ4n) is 3.86. The van der Waals surface area contributed by atoms with Gasteiger partial charge in [-0.05, 0) is 37.1 Å². The molecule has 21 heavy (non-hydrogen) atoms. The van der Waals surface area contributed by atoms with Crippen LogP contribution in [0.2, 0.25) is 0 Å². The Morgan fingerprint density at radius 1 is 1.33 bits per heavy atom. The number of piperidine rings is 1. The van der Waals surface area contributed by atoms with Crippen LogP contribution in [0.3, 0.4) is 0 Å². The smallest absolute Gasteiger partial charge is 0.224 e. The molecule has 1 amide bonds. The molecule has 0 bridgehead atoms. The number of Topliss-reactive ketones (excluding diaryl/α,β-unsaturated/α-hetero) is 1. The van der Waals surface area contributed by atoms with Gasteiger partial charge in [-0.2, -0.15) is 0 Å². The summed E-state index contributed by atoms with van der Waals surface area (Å²) >= 11 is 0. The topological polar surface area (TPSA) is 49.4 Å². The Labute approximate surface area is 128 Å². The van der Waals surface area contributed by atoms with Crippen molar-refractivity contribution in [3.8, 4) is 0 Å². The molecular formula is C17H28N2O2. The van der Waals surface area contributed by atoms with E-state index < -0.39 is 0 Å². The van der Waals surface area contributed by atoms with Crippen molar-refractivity contribution >= 4 is 11.7 Å². The molecule has 2 atom stereocenters. The van der Waals surface area contributed by atoms with Crippen LogP contribution in [-0.2, 0) is 9.59 Å². The second kappa shape index (κ2) is 6.73. The molecule has 1 saturated carbocycles. The minimum atomic E-state index is -0.147. The van der Waals surface area contributed by atoms with Crippen molar-refractivity contribution in [2.45, 2.75) is 52.4 Å². The molecule has 0 aromatic rings. The van der Waals surface area contributed by atoms with Gasteiger partial charge in [-0.25, -0.2) is 0 Å². The van der Waals surface area contributed by atoms with Gasteiger partial charge in [0.15, 0.2) is 5.78 Å². The van der Waals surface area contributed by atoms with Gasteiger partial charge < -0.3 is 5.32 Å². The number of carbonyl (C=O) groups excluding carboxylic acids is 2. The Bertz CT molecular complexity index is 433. The zero-order valence-electron chi connectivity index (χ0n) is 13.4. The molecule has 2 fully saturated rings. The highest BCUT2D eigenvalue weighted by atomic mass is 16.2. The molecule has 1 aliphatic heterocycles. The second-order valence-electron chi connectivity index (χ2n) is 6.90. The van der Waals surface area contributed by atoms with E-state index in [1.54, 1.807) is 6.92 Å². The van der Waals surface area contributed by atoms with E-state index in [0.717, 1.165) is 19.0 Å². The molecule has 0 aromatic carbocycles. The number of hydrogen-bond acceptors (Lipinski definition) is 3. The van der Waals surface area contributed by atoms with Crippen LogP contribution >= 0.6 is 0 Å². The molecule has 1 heterocycles. The Hall–Kier alpha value is -1.16. The first-order valence-electron chi connectivity index (χ1n) is 8.19. The Morgan fingerprint density at radius 2 is 2.10 bits per heavy atom. The zero-order valence-corrected chi connectivity index (χ0v) is 13.4.